The molecule has 2 aromatic rings. The summed E-state index contributed by atoms with van der Waals surface area (Å²) in [6.45, 7) is 2.16. The maximum Gasteiger partial charge on any atom is 0.0568 e. The number of fused-ring (bicyclic) bond motifs is 3. The van der Waals surface area contributed by atoms with Crippen LogP contribution in [0.5, 0.6) is 0 Å². The van der Waals surface area contributed by atoms with E-state index in [1.807, 2.05) is 12.1 Å². The third-order valence-electron chi connectivity index (χ3n) is 4.76. The van der Waals surface area contributed by atoms with Crippen molar-refractivity contribution in [2.24, 2.45) is 5.92 Å². The SMILES string of the molecule is Cc1ccc2c(c1)[C@H]1C=CC[C@H]1[C@H](c1ccccc1Cl)N2. The zero-order chi connectivity index (χ0) is 14.4. The largest absolute Gasteiger partial charge is 0.378 e. The fraction of sp³-hybridized carbons (Fsp3) is 0.263. The molecule has 4 rings (SSSR count). The minimum atomic E-state index is 0.286. The fourth-order valence-corrected chi connectivity index (χ4v) is 4.00. The van der Waals surface area contributed by atoms with Crippen LogP contribution >= 0.6 is 11.6 Å². The molecule has 0 saturated carbocycles. The van der Waals surface area contributed by atoms with E-state index in [0.29, 0.717) is 11.8 Å². The predicted molar refractivity (Wildman–Crippen MR) is 89.0 cm³/mol. The van der Waals surface area contributed by atoms with Gasteiger partial charge in [0, 0.05) is 16.6 Å². The molecule has 0 unspecified atom stereocenters. The molecule has 2 aliphatic rings. The van der Waals surface area contributed by atoms with Gasteiger partial charge in [0.15, 0.2) is 0 Å². The summed E-state index contributed by atoms with van der Waals surface area (Å²) in [5.74, 6) is 1.06. The normalized spacial score (nSPS) is 26.1. The van der Waals surface area contributed by atoms with E-state index in [4.69, 9.17) is 11.6 Å². The lowest BCUT2D eigenvalue weighted by molar-refractivity contribution is 0.425. The number of anilines is 1. The lowest BCUT2D eigenvalue weighted by Crippen LogP contribution is -2.29. The summed E-state index contributed by atoms with van der Waals surface area (Å²) in [4.78, 5) is 0. The molecule has 0 fully saturated rings. The van der Waals surface area contributed by atoms with Crippen molar-refractivity contribution in [3.05, 3.63) is 76.3 Å². The molecule has 0 spiro atoms. The van der Waals surface area contributed by atoms with Gasteiger partial charge in [-0.1, -0.05) is 59.6 Å². The summed E-state index contributed by atoms with van der Waals surface area (Å²) in [7, 11) is 0. The Bertz CT molecular complexity index is 719. The monoisotopic (exact) mass is 295 g/mol. The van der Waals surface area contributed by atoms with Crippen LogP contribution in [-0.4, -0.2) is 0 Å². The number of hydrogen-bond acceptors (Lipinski definition) is 1. The van der Waals surface area contributed by atoms with Crippen molar-refractivity contribution < 1.29 is 0 Å². The lowest BCUT2D eigenvalue weighted by atomic mass is 9.76. The summed E-state index contributed by atoms with van der Waals surface area (Å²) in [6.07, 6.45) is 5.80. The first-order chi connectivity index (χ1) is 10.2. The van der Waals surface area contributed by atoms with Crippen molar-refractivity contribution in [2.75, 3.05) is 5.32 Å². The highest BCUT2D eigenvalue weighted by Gasteiger charge is 2.38. The van der Waals surface area contributed by atoms with E-state index in [1.54, 1.807) is 0 Å². The molecular formula is C19H18ClN. The van der Waals surface area contributed by atoms with Gasteiger partial charge in [0.05, 0.1) is 6.04 Å². The van der Waals surface area contributed by atoms with E-state index in [2.05, 4.69) is 54.7 Å². The molecule has 0 bridgehead atoms. The average molecular weight is 296 g/mol. The number of hydrogen-bond donors (Lipinski definition) is 1. The van der Waals surface area contributed by atoms with Gasteiger partial charge in [-0.3, -0.25) is 0 Å². The maximum absolute atomic E-state index is 6.44. The number of nitrogens with one attached hydrogen (secondary N) is 1. The highest BCUT2D eigenvalue weighted by atomic mass is 35.5. The average Bonchev–Trinajstić information content (AvgIpc) is 2.97. The van der Waals surface area contributed by atoms with Crippen LogP contribution in [-0.2, 0) is 0 Å². The molecule has 1 aliphatic carbocycles. The van der Waals surface area contributed by atoms with E-state index in [0.717, 1.165) is 11.4 Å². The molecule has 1 aliphatic heterocycles. The van der Waals surface area contributed by atoms with Gasteiger partial charge in [-0.15, -0.1) is 0 Å². The Morgan fingerprint density at radius 3 is 2.81 bits per heavy atom. The van der Waals surface area contributed by atoms with Crippen molar-refractivity contribution in [3.63, 3.8) is 0 Å². The van der Waals surface area contributed by atoms with Crippen LogP contribution in [0.4, 0.5) is 5.69 Å². The zero-order valence-corrected chi connectivity index (χ0v) is 12.8. The van der Waals surface area contributed by atoms with Gasteiger partial charge in [0.1, 0.15) is 0 Å². The first-order valence-electron chi connectivity index (χ1n) is 7.52. The third kappa shape index (κ3) is 2.08. The summed E-state index contributed by atoms with van der Waals surface area (Å²) >= 11 is 6.44. The molecular weight excluding hydrogens is 278 g/mol. The molecule has 0 saturated heterocycles. The van der Waals surface area contributed by atoms with Crippen LogP contribution in [0.25, 0.3) is 0 Å². The van der Waals surface area contributed by atoms with E-state index >= 15 is 0 Å². The van der Waals surface area contributed by atoms with Crippen molar-refractivity contribution in [1.82, 2.24) is 0 Å². The molecule has 21 heavy (non-hydrogen) atoms. The van der Waals surface area contributed by atoms with Crippen LogP contribution in [0.2, 0.25) is 5.02 Å². The topological polar surface area (TPSA) is 12.0 Å². The summed E-state index contributed by atoms with van der Waals surface area (Å²) in [5.41, 5.74) is 5.21. The molecule has 0 radical (unpaired) electrons. The van der Waals surface area contributed by atoms with Gasteiger partial charge < -0.3 is 5.32 Å². The van der Waals surface area contributed by atoms with Crippen LogP contribution in [0.3, 0.4) is 0 Å². The van der Waals surface area contributed by atoms with Crippen molar-refractivity contribution in [2.45, 2.75) is 25.3 Å². The molecule has 106 valence electrons. The van der Waals surface area contributed by atoms with Gasteiger partial charge in [-0.05, 0) is 42.5 Å². The van der Waals surface area contributed by atoms with Crippen molar-refractivity contribution >= 4 is 17.3 Å². The highest BCUT2D eigenvalue weighted by molar-refractivity contribution is 6.31. The molecule has 2 heteroatoms. The highest BCUT2D eigenvalue weighted by Crippen LogP contribution is 2.50. The van der Waals surface area contributed by atoms with Gasteiger partial charge in [-0.25, -0.2) is 0 Å². The molecule has 1 N–H and O–H groups in total. The summed E-state index contributed by atoms with van der Waals surface area (Å²) < 4.78 is 0. The molecule has 3 atom stereocenters. The quantitative estimate of drug-likeness (QED) is 0.687. The van der Waals surface area contributed by atoms with E-state index in [-0.39, 0.29) is 6.04 Å². The molecule has 0 amide bonds. The van der Waals surface area contributed by atoms with Crippen LogP contribution < -0.4 is 5.32 Å². The second-order valence-electron chi connectivity index (χ2n) is 6.09. The lowest BCUT2D eigenvalue weighted by Gasteiger charge is -2.38. The van der Waals surface area contributed by atoms with Gasteiger partial charge in [-0.2, -0.15) is 0 Å². The zero-order valence-electron chi connectivity index (χ0n) is 12.0. The fourth-order valence-electron chi connectivity index (χ4n) is 3.75. The van der Waals surface area contributed by atoms with E-state index in [9.17, 15) is 0 Å². The maximum atomic E-state index is 6.44. The Kier molecular flexibility index (Phi) is 3.04. The number of aryl methyl sites for hydroxylation is 1. The second kappa shape index (κ2) is 4.92. The minimum absolute atomic E-state index is 0.286. The Morgan fingerprint density at radius 2 is 1.95 bits per heavy atom. The number of benzene rings is 2. The Hall–Kier alpha value is -1.73. The Balaban J connectivity index is 1.82. The summed E-state index contributed by atoms with van der Waals surface area (Å²) in [6, 6.07) is 15.2. The predicted octanol–water partition coefficient (Wildman–Crippen LogP) is 5.47. The molecule has 1 nitrogen and oxygen atoms in total. The Labute approximate surface area is 130 Å². The minimum Gasteiger partial charge on any atom is -0.378 e. The van der Waals surface area contributed by atoms with Gasteiger partial charge >= 0.3 is 0 Å². The number of halogens is 1. The van der Waals surface area contributed by atoms with Crippen LogP contribution in [0.1, 0.15) is 35.1 Å². The summed E-state index contributed by atoms with van der Waals surface area (Å²) in [5, 5.41) is 4.59. The molecule has 2 aromatic carbocycles. The number of allylic oxidation sites excluding steroid dienone is 2. The Morgan fingerprint density at radius 1 is 1.10 bits per heavy atom. The molecule has 1 heterocycles. The van der Waals surface area contributed by atoms with Crippen LogP contribution in [0.15, 0.2) is 54.6 Å². The third-order valence-corrected chi connectivity index (χ3v) is 5.10. The van der Waals surface area contributed by atoms with E-state index < -0.39 is 0 Å². The van der Waals surface area contributed by atoms with Gasteiger partial charge in [0.25, 0.3) is 0 Å². The van der Waals surface area contributed by atoms with Gasteiger partial charge in [0.2, 0.25) is 0 Å². The van der Waals surface area contributed by atoms with Crippen molar-refractivity contribution in [1.29, 1.82) is 0 Å². The first kappa shape index (κ1) is 13.0. The smallest absolute Gasteiger partial charge is 0.0568 e. The van der Waals surface area contributed by atoms with E-state index in [1.165, 1.54) is 22.4 Å². The second-order valence-corrected chi connectivity index (χ2v) is 6.49. The first-order valence-corrected chi connectivity index (χ1v) is 7.90. The van der Waals surface area contributed by atoms with Crippen molar-refractivity contribution in [3.8, 4) is 0 Å². The van der Waals surface area contributed by atoms with Crippen LogP contribution in [0, 0.1) is 12.8 Å². The number of rotatable bonds is 1. The standard InChI is InChI=1S/C19H18ClN/c1-12-9-10-18-16(11-12)13-6-4-7-14(13)19(21-18)15-5-2-3-8-17(15)20/h2-6,8-11,13-14,19,21H,7H2,1H3/t13-,14+,19+/m0/s1. The molecule has 0 aromatic heterocycles.